The van der Waals surface area contributed by atoms with Crippen LogP contribution in [-0.4, -0.2) is 75.2 Å². The number of likely N-dealkylation sites (N-methyl/N-ethyl adjacent to an activating group) is 1. The molecule has 0 bridgehead atoms. The van der Waals surface area contributed by atoms with Crippen LogP contribution in [0.2, 0.25) is 0 Å². The van der Waals surface area contributed by atoms with Crippen molar-refractivity contribution in [1.82, 2.24) is 29.3 Å². The van der Waals surface area contributed by atoms with Gasteiger partial charge in [0, 0.05) is 32.7 Å². The number of nitrogen functional groups attached to an aromatic ring is 1. The normalized spacial score (nSPS) is 16.1. The quantitative estimate of drug-likeness (QED) is 0.588. The molecular weight excluding hydrogens is 358 g/mol. The molecule has 156 valence electrons. The van der Waals surface area contributed by atoms with Crippen molar-refractivity contribution in [1.29, 1.82) is 0 Å². The first-order chi connectivity index (χ1) is 13.6. The van der Waals surface area contributed by atoms with E-state index in [0.717, 1.165) is 65.0 Å². The maximum absolute atomic E-state index is 12.4. The summed E-state index contributed by atoms with van der Waals surface area (Å²) >= 11 is 0. The number of rotatable bonds is 10. The van der Waals surface area contributed by atoms with Crippen LogP contribution in [0.25, 0.3) is 11.2 Å². The molecule has 0 atom stereocenters. The zero-order chi connectivity index (χ0) is 19.9. The van der Waals surface area contributed by atoms with Crippen LogP contribution in [0.4, 0.5) is 5.82 Å². The lowest BCUT2D eigenvalue weighted by molar-refractivity contribution is 0.135. The predicted molar refractivity (Wildman–Crippen MR) is 111 cm³/mol. The van der Waals surface area contributed by atoms with Gasteiger partial charge in [0.2, 0.25) is 0 Å². The number of aromatic amines is 1. The van der Waals surface area contributed by atoms with Crippen LogP contribution in [0.15, 0.2) is 4.79 Å². The highest BCUT2D eigenvalue weighted by Crippen LogP contribution is 2.18. The molecule has 0 amide bonds. The second kappa shape index (κ2) is 9.88. The number of ether oxygens (including phenoxy) is 1. The molecule has 28 heavy (non-hydrogen) atoms. The van der Waals surface area contributed by atoms with E-state index in [4.69, 9.17) is 10.5 Å². The molecule has 2 aromatic heterocycles. The Balaban J connectivity index is 1.58. The van der Waals surface area contributed by atoms with Crippen molar-refractivity contribution < 1.29 is 4.74 Å². The van der Waals surface area contributed by atoms with Gasteiger partial charge in [-0.05, 0) is 32.4 Å². The van der Waals surface area contributed by atoms with Crippen LogP contribution in [-0.2, 0) is 6.54 Å². The number of imidazole rings is 1. The number of hydrogen-bond donors (Lipinski definition) is 2. The molecule has 9 heteroatoms. The van der Waals surface area contributed by atoms with Gasteiger partial charge < -0.3 is 25.3 Å². The molecular formula is C19H33N7O2. The summed E-state index contributed by atoms with van der Waals surface area (Å²) in [6.07, 6.45) is 3.91. The predicted octanol–water partition coefficient (Wildman–Crippen LogP) is 1.30. The third kappa shape index (κ3) is 5.02. The summed E-state index contributed by atoms with van der Waals surface area (Å²) in [5.41, 5.74) is 6.81. The Hall–Kier alpha value is -2.13. The number of hydrogen-bond acceptors (Lipinski definition) is 7. The van der Waals surface area contributed by atoms with Gasteiger partial charge in [0.25, 0.3) is 0 Å². The molecule has 0 saturated carbocycles. The van der Waals surface area contributed by atoms with Gasteiger partial charge in [-0.2, -0.15) is 9.97 Å². The monoisotopic (exact) mass is 391 g/mol. The molecule has 1 aliphatic rings. The molecule has 3 rings (SSSR count). The number of fused-ring (bicyclic) bond motifs is 1. The summed E-state index contributed by atoms with van der Waals surface area (Å²) < 4.78 is 7.23. The third-order valence-electron chi connectivity index (χ3n) is 5.38. The van der Waals surface area contributed by atoms with E-state index >= 15 is 0 Å². The maximum Gasteiger partial charge on any atom is 0.327 e. The van der Waals surface area contributed by atoms with Crippen LogP contribution in [0.3, 0.4) is 0 Å². The fraction of sp³-hybridized carbons (Fsp3) is 0.737. The Bertz CT molecular complexity index is 808. The van der Waals surface area contributed by atoms with Gasteiger partial charge in [0.1, 0.15) is 5.52 Å². The highest BCUT2D eigenvalue weighted by atomic mass is 16.5. The van der Waals surface area contributed by atoms with E-state index in [9.17, 15) is 4.79 Å². The Morgan fingerprint density at radius 3 is 2.46 bits per heavy atom. The molecule has 1 fully saturated rings. The van der Waals surface area contributed by atoms with Crippen molar-refractivity contribution in [3.8, 4) is 6.01 Å². The third-order valence-corrected chi connectivity index (χ3v) is 5.38. The maximum atomic E-state index is 12.4. The molecule has 2 aromatic rings. The van der Waals surface area contributed by atoms with E-state index < -0.39 is 0 Å². The number of aromatic nitrogens is 4. The minimum atomic E-state index is -0.196. The minimum absolute atomic E-state index is 0.196. The lowest BCUT2D eigenvalue weighted by Gasteiger charge is -2.33. The molecule has 0 aliphatic carbocycles. The zero-order valence-electron chi connectivity index (χ0n) is 17.1. The van der Waals surface area contributed by atoms with Gasteiger partial charge in [-0.15, -0.1) is 0 Å². The lowest BCUT2D eigenvalue weighted by atomic mass is 10.2. The van der Waals surface area contributed by atoms with Crippen molar-refractivity contribution in [3.05, 3.63) is 10.5 Å². The first-order valence-electron chi connectivity index (χ1n) is 10.5. The fourth-order valence-electron chi connectivity index (χ4n) is 3.55. The standard InChI is InChI=1S/C19H33N7O2/c1-3-5-14-28-18-22-16(20)15-17(23-18)26(19(27)21-15)9-7-6-8-25-12-10-24(4-2)11-13-25/h3-14H2,1-2H3,(H,21,27)(H2,20,22,23). The molecule has 9 nitrogen and oxygen atoms in total. The van der Waals surface area contributed by atoms with E-state index in [-0.39, 0.29) is 17.5 Å². The topological polar surface area (TPSA) is 105 Å². The summed E-state index contributed by atoms with van der Waals surface area (Å²) in [5, 5.41) is 0. The number of nitrogens with zero attached hydrogens (tertiary/aromatic N) is 5. The number of nitrogens with two attached hydrogens (primary N) is 1. The van der Waals surface area contributed by atoms with Crippen molar-refractivity contribution in [2.24, 2.45) is 0 Å². The molecule has 3 heterocycles. The average Bonchev–Trinajstić information content (AvgIpc) is 3.02. The summed E-state index contributed by atoms with van der Waals surface area (Å²) in [4.78, 5) is 28.7. The summed E-state index contributed by atoms with van der Waals surface area (Å²) in [6.45, 7) is 12.2. The highest BCUT2D eigenvalue weighted by molar-refractivity contribution is 5.81. The Kier molecular flexibility index (Phi) is 7.27. The van der Waals surface area contributed by atoms with Crippen molar-refractivity contribution in [3.63, 3.8) is 0 Å². The van der Waals surface area contributed by atoms with Crippen LogP contribution < -0.4 is 16.2 Å². The molecule has 1 aliphatic heterocycles. The number of anilines is 1. The number of H-pyrrole nitrogens is 1. The van der Waals surface area contributed by atoms with Crippen molar-refractivity contribution in [2.45, 2.75) is 46.1 Å². The molecule has 0 unspecified atom stereocenters. The molecule has 1 saturated heterocycles. The summed E-state index contributed by atoms with van der Waals surface area (Å²) in [6, 6.07) is 0.236. The molecule has 0 spiro atoms. The summed E-state index contributed by atoms with van der Waals surface area (Å²) in [5.74, 6) is 0.251. The van der Waals surface area contributed by atoms with E-state index in [1.54, 1.807) is 4.57 Å². The van der Waals surface area contributed by atoms with Crippen LogP contribution in [0, 0.1) is 0 Å². The second-order valence-electron chi connectivity index (χ2n) is 7.36. The van der Waals surface area contributed by atoms with Crippen molar-refractivity contribution >= 4 is 17.0 Å². The van der Waals surface area contributed by atoms with Gasteiger partial charge in [-0.1, -0.05) is 20.3 Å². The number of piperazine rings is 1. The van der Waals surface area contributed by atoms with Crippen LogP contribution >= 0.6 is 0 Å². The van der Waals surface area contributed by atoms with Crippen LogP contribution in [0.5, 0.6) is 6.01 Å². The van der Waals surface area contributed by atoms with Gasteiger partial charge in [-0.25, -0.2) is 4.79 Å². The smallest absolute Gasteiger partial charge is 0.327 e. The lowest BCUT2D eigenvalue weighted by Crippen LogP contribution is -2.46. The second-order valence-corrected chi connectivity index (χ2v) is 7.36. The Morgan fingerprint density at radius 1 is 1.04 bits per heavy atom. The molecule has 3 N–H and O–H groups in total. The highest BCUT2D eigenvalue weighted by Gasteiger charge is 2.16. The SMILES string of the molecule is CCCCOc1nc(N)c2[nH]c(=O)n(CCCCN3CCN(CC)CC3)c2n1. The van der Waals surface area contributed by atoms with Gasteiger partial charge in [0.15, 0.2) is 11.5 Å². The first kappa shape index (κ1) is 20.6. The van der Waals surface area contributed by atoms with Crippen molar-refractivity contribution in [2.75, 3.05) is 51.6 Å². The van der Waals surface area contributed by atoms with Gasteiger partial charge in [0.05, 0.1) is 6.61 Å². The van der Waals surface area contributed by atoms with E-state index in [1.165, 1.54) is 0 Å². The summed E-state index contributed by atoms with van der Waals surface area (Å²) in [7, 11) is 0. The van der Waals surface area contributed by atoms with E-state index in [1.807, 2.05) is 0 Å². The number of unbranched alkanes of at least 4 members (excludes halogenated alkanes) is 2. The Morgan fingerprint density at radius 2 is 1.75 bits per heavy atom. The minimum Gasteiger partial charge on any atom is -0.463 e. The van der Waals surface area contributed by atoms with Gasteiger partial charge in [-0.3, -0.25) is 4.57 Å². The number of nitrogens with one attached hydrogen (secondary N) is 1. The Labute approximate surface area is 165 Å². The molecule has 0 radical (unpaired) electrons. The van der Waals surface area contributed by atoms with Crippen LogP contribution in [0.1, 0.15) is 39.5 Å². The zero-order valence-corrected chi connectivity index (χ0v) is 17.1. The molecule has 0 aromatic carbocycles. The van der Waals surface area contributed by atoms with Gasteiger partial charge >= 0.3 is 11.7 Å². The average molecular weight is 392 g/mol. The fourth-order valence-corrected chi connectivity index (χ4v) is 3.55. The largest absolute Gasteiger partial charge is 0.463 e. The first-order valence-corrected chi connectivity index (χ1v) is 10.5. The van der Waals surface area contributed by atoms with E-state index in [0.29, 0.717) is 24.3 Å². The number of aryl methyl sites for hydroxylation is 1. The van der Waals surface area contributed by atoms with E-state index in [2.05, 4.69) is 38.6 Å².